The fourth-order valence-electron chi connectivity index (χ4n) is 1.00. The van der Waals surface area contributed by atoms with Crippen LogP contribution < -0.4 is 9.57 Å². The first-order valence-electron chi connectivity index (χ1n) is 5.05. The molecular weight excluding hydrogens is 282 g/mol. The molecule has 0 aliphatic rings. The van der Waals surface area contributed by atoms with Crippen molar-refractivity contribution in [2.75, 3.05) is 20.1 Å². The maximum Gasteiger partial charge on any atom is 0.222 e. The van der Waals surface area contributed by atoms with Gasteiger partial charge in [0.25, 0.3) is 0 Å². The van der Waals surface area contributed by atoms with Crippen molar-refractivity contribution in [3.05, 3.63) is 30.1 Å². The molecule has 1 aromatic rings. The molecule has 0 unspecified atom stereocenters. The van der Waals surface area contributed by atoms with Crippen LogP contribution in [0.4, 0.5) is 0 Å². The average Bonchev–Trinajstić information content (AvgIpc) is 2.37. The lowest BCUT2D eigenvalue weighted by atomic mass is 10.2. The Labute approximate surface area is 112 Å². The number of halogens is 1. The zero-order chi connectivity index (χ0) is 14.0. The number of aromatic nitrogens is 1. The summed E-state index contributed by atoms with van der Waals surface area (Å²) in [4.78, 5) is 4.96. The van der Waals surface area contributed by atoms with E-state index in [1.807, 2.05) is 24.5 Å². The van der Waals surface area contributed by atoms with Crippen LogP contribution in [0.5, 0.6) is 0 Å². The van der Waals surface area contributed by atoms with Crippen molar-refractivity contribution in [1.82, 2.24) is 0 Å². The summed E-state index contributed by atoms with van der Waals surface area (Å²) in [5.41, 5.74) is 1.30. The van der Waals surface area contributed by atoms with Crippen LogP contribution in [0.25, 0.3) is 0 Å². The van der Waals surface area contributed by atoms with Crippen LogP contribution in [0.3, 0.4) is 0 Å². The topological polar surface area (TPSA) is 79.5 Å². The lowest BCUT2D eigenvalue weighted by molar-refractivity contribution is -0.885. The molecule has 0 aliphatic carbocycles. The van der Waals surface area contributed by atoms with Gasteiger partial charge < -0.3 is 4.55 Å². The fraction of sp³-hybridized carbons (Fsp3) is 0.500. The Morgan fingerprint density at radius 3 is 2.17 bits per heavy atom. The van der Waals surface area contributed by atoms with Gasteiger partial charge in [-0.1, -0.05) is 0 Å². The minimum Gasteiger partial charge on any atom is -0.726 e. The molecule has 0 aliphatic heterocycles. The van der Waals surface area contributed by atoms with Crippen LogP contribution in [0.1, 0.15) is 12.0 Å². The Morgan fingerprint density at radius 1 is 1.33 bits per heavy atom. The molecule has 0 spiro atoms. The molecule has 1 rings (SSSR count). The summed E-state index contributed by atoms with van der Waals surface area (Å²) in [6.07, 6.45) is 5.85. The van der Waals surface area contributed by atoms with Crippen LogP contribution in [0.15, 0.2) is 24.5 Å². The molecule has 1 heterocycles. The Bertz CT molecular complexity index is 420. The molecule has 0 aromatic carbocycles. The summed E-state index contributed by atoms with van der Waals surface area (Å²) in [5, 5.41) is 0. The quantitative estimate of drug-likeness (QED) is 0.338. The molecule has 104 valence electrons. The fourth-order valence-corrected chi connectivity index (χ4v) is 1.14. The van der Waals surface area contributed by atoms with Gasteiger partial charge in [0.05, 0.1) is 7.11 Å². The smallest absolute Gasteiger partial charge is 0.222 e. The van der Waals surface area contributed by atoms with Gasteiger partial charge >= 0.3 is 0 Å². The standard InChI is InChI=1S/C9H13ClNO.CH4O4S/c1-12-11-7-4-9(5-8-11)3-2-6-10;1-5-6(2,3)4/h4-5,7-8H,2-3,6H2,1H3;1H3,(H,2,3,4)/q+1;/p-1. The lowest BCUT2D eigenvalue weighted by Gasteiger charge is -1.98. The largest absolute Gasteiger partial charge is 0.726 e. The second-order valence-corrected chi connectivity index (χ2v) is 4.64. The number of rotatable bonds is 5. The van der Waals surface area contributed by atoms with Gasteiger partial charge in [-0.15, -0.1) is 11.6 Å². The van der Waals surface area contributed by atoms with Crippen LogP contribution in [-0.4, -0.2) is 33.1 Å². The van der Waals surface area contributed by atoms with Crippen LogP contribution in [0.2, 0.25) is 0 Å². The summed E-state index contributed by atoms with van der Waals surface area (Å²) in [6.45, 7) is 0. The maximum atomic E-state index is 9.22. The minimum absolute atomic E-state index is 0.721. The number of hydrogen-bond acceptors (Lipinski definition) is 5. The van der Waals surface area contributed by atoms with Gasteiger partial charge in [-0.2, -0.15) is 0 Å². The molecule has 0 radical (unpaired) electrons. The summed E-state index contributed by atoms with van der Waals surface area (Å²) < 4.78 is 32.7. The first-order valence-corrected chi connectivity index (χ1v) is 6.91. The second-order valence-electron chi connectivity index (χ2n) is 3.12. The minimum atomic E-state index is -4.41. The summed E-state index contributed by atoms with van der Waals surface area (Å²) in [6, 6.07) is 4.08. The Hall–Kier alpha value is -0.890. The summed E-state index contributed by atoms with van der Waals surface area (Å²) in [7, 11) is -1.97. The van der Waals surface area contributed by atoms with Crippen molar-refractivity contribution in [3.8, 4) is 0 Å². The molecular formula is C10H16ClNO5S. The monoisotopic (exact) mass is 297 g/mol. The Kier molecular flexibility index (Phi) is 8.65. The van der Waals surface area contributed by atoms with Crippen molar-refractivity contribution < 1.29 is 26.7 Å². The molecule has 0 atom stereocenters. The van der Waals surface area contributed by atoms with Crippen molar-refractivity contribution in [3.63, 3.8) is 0 Å². The normalized spacial score (nSPS) is 10.4. The van der Waals surface area contributed by atoms with Crippen LogP contribution >= 0.6 is 11.6 Å². The van der Waals surface area contributed by atoms with E-state index in [-0.39, 0.29) is 0 Å². The molecule has 0 saturated heterocycles. The number of alkyl halides is 1. The predicted molar refractivity (Wildman–Crippen MR) is 64.9 cm³/mol. The van der Waals surface area contributed by atoms with Gasteiger partial charge in [0.1, 0.15) is 7.11 Å². The van der Waals surface area contributed by atoms with E-state index in [9.17, 15) is 13.0 Å². The van der Waals surface area contributed by atoms with E-state index in [0.717, 1.165) is 25.8 Å². The maximum absolute atomic E-state index is 9.22. The zero-order valence-electron chi connectivity index (χ0n) is 10.2. The van der Waals surface area contributed by atoms with E-state index in [2.05, 4.69) is 4.18 Å². The highest BCUT2D eigenvalue weighted by Crippen LogP contribution is 2.00. The predicted octanol–water partition coefficient (Wildman–Crippen LogP) is 0.297. The first-order chi connectivity index (χ1) is 8.42. The third kappa shape index (κ3) is 9.17. The molecule has 0 N–H and O–H groups in total. The Balaban J connectivity index is 0.000000411. The number of aryl methyl sites for hydroxylation is 1. The molecule has 0 bridgehead atoms. The molecule has 0 fully saturated rings. The molecule has 0 saturated carbocycles. The number of nitrogens with zero attached hydrogens (tertiary/aromatic N) is 1. The van der Waals surface area contributed by atoms with Crippen molar-refractivity contribution in [2.24, 2.45) is 0 Å². The second kappa shape index (κ2) is 9.09. The van der Waals surface area contributed by atoms with E-state index in [4.69, 9.17) is 16.4 Å². The summed E-state index contributed by atoms with van der Waals surface area (Å²) >= 11 is 5.58. The summed E-state index contributed by atoms with van der Waals surface area (Å²) in [5.74, 6) is 0.721. The highest BCUT2D eigenvalue weighted by Gasteiger charge is 1.98. The van der Waals surface area contributed by atoms with Crippen molar-refractivity contribution in [1.29, 1.82) is 0 Å². The van der Waals surface area contributed by atoms with Crippen molar-refractivity contribution >= 4 is 22.0 Å². The molecule has 6 nitrogen and oxygen atoms in total. The highest BCUT2D eigenvalue weighted by atomic mass is 35.5. The van der Waals surface area contributed by atoms with Gasteiger partial charge in [-0.3, -0.25) is 9.02 Å². The van der Waals surface area contributed by atoms with Gasteiger partial charge in [0, 0.05) is 22.7 Å². The van der Waals surface area contributed by atoms with Gasteiger partial charge in [-0.25, -0.2) is 8.42 Å². The van der Waals surface area contributed by atoms with E-state index in [0.29, 0.717) is 0 Å². The number of pyridine rings is 1. The van der Waals surface area contributed by atoms with Crippen molar-refractivity contribution in [2.45, 2.75) is 12.8 Å². The number of hydrogen-bond donors (Lipinski definition) is 0. The van der Waals surface area contributed by atoms with E-state index >= 15 is 0 Å². The third-order valence-electron chi connectivity index (χ3n) is 1.89. The molecule has 8 heteroatoms. The zero-order valence-corrected chi connectivity index (χ0v) is 11.8. The van der Waals surface area contributed by atoms with Crippen LogP contribution in [-0.2, 0) is 21.0 Å². The molecule has 1 aromatic heterocycles. The SMILES string of the molecule is COS(=O)(=O)[O-].CO[n+]1ccc(CCCCl)cc1. The first kappa shape index (κ1) is 17.1. The van der Waals surface area contributed by atoms with E-state index in [1.54, 1.807) is 11.8 Å². The average molecular weight is 298 g/mol. The van der Waals surface area contributed by atoms with Gasteiger partial charge in [-0.05, 0) is 18.4 Å². The Morgan fingerprint density at radius 2 is 1.83 bits per heavy atom. The molecule has 18 heavy (non-hydrogen) atoms. The van der Waals surface area contributed by atoms with Gasteiger partial charge in [0.15, 0.2) is 0 Å². The highest BCUT2D eigenvalue weighted by molar-refractivity contribution is 7.80. The molecule has 0 amide bonds. The lowest BCUT2D eigenvalue weighted by Crippen LogP contribution is -2.39. The van der Waals surface area contributed by atoms with Gasteiger partial charge in [0.2, 0.25) is 22.8 Å². The third-order valence-corrected chi connectivity index (χ3v) is 2.56. The van der Waals surface area contributed by atoms with E-state index in [1.165, 1.54) is 5.56 Å². The van der Waals surface area contributed by atoms with Crippen LogP contribution in [0, 0.1) is 0 Å². The van der Waals surface area contributed by atoms with E-state index < -0.39 is 10.4 Å².